The summed E-state index contributed by atoms with van der Waals surface area (Å²) in [6.45, 7) is 3.15. The summed E-state index contributed by atoms with van der Waals surface area (Å²) in [6, 6.07) is 11.7. The summed E-state index contributed by atoms with van der Waals surface area (Å²) in [5, 5.41) is 6.62. The first-order chi connectivity index (χ1) is 13.3. The molecule has 1 aromatic carbocycles. The Morgan fingerprint density at radius 3 is 2.74 bits per heavy atom. The molecule has 0 bridgehead atoms. The highest BCUT2D eigenvalue weighted by molar-refractivity contribution is 5.93. The molecule has 0 unspecified atom stereocenters. The number of benzene rings is 1. The number of aliphatic imine (C=N–C) groups is 1. The van der Waals surface area contributed by atoms with Crippen LogP contribution in [0.3, 0.4) is 0 Å². The summed E-state index contributed by atoms with van der Waals surface area (Å²) in [7, 11) is 3.35. The van der Waals surface area contributed by atoms with E-state index in [0.717, 1.165) is 30.0 Å². The zero-order chi connectivity index (χ0) is 19.2. The van der Waals surface area contributed by atoms with Crippen LogP contribution >= 0.6 is 0 Å². The van der Waals surface area contributed by atoms with E-state index < -0.39 is 0 Å². The summed E-state index contributed by atoms with van der Waals surface area (Å²) in [6.07, 6.45) is 3.31. The molecule has 0 saturated carbocycles. The number of nitrogens with one attached hydrogen (secondary N) is 2. The Hall–Kier alpha value is -2.51. The van der Waals surface area contributed by atoms with Gasteiger partial charge in [-0.25, -0.2) is 0 Å². The average molecular weight is 375 g/mol. The standard InChI is InChI=1S/C20H29N3O4/c1-24-12-5-14-27-19-7-3-6-17(16-19)23-20(22-11-15-25-2)21-10-9-18-8-4-13-26-18/h3-4,6-8,13,16H,5,9-12,14-15H2,1-2H3,(H2,21,22,23). The zero-order valence-electron chi connectivity index (χ0n) is 16.1. The maximum atomic E-state index is 5.75. The van der Waals surface area contributed by atoms with Gasteiger partial charge in [-0.1, -0.05) is 6.07 Å². The summed E-state index contributed by atoms with van der Waals surface area (Å²) in [5.74, 6) is 2.43. The van der Waals surface area contributed by atoms with Crippen molar-refractivity contribution in [3.05, 3.63) is 48.4 Å². The molecule has 0 amide bonds. The van der Waals surface area contributed by atoms with Crippen molar-refractivity contribution < 1.29 is 18.6 Å². The van der Waals surface area contributed by atoms with Crippen LogP contribution in [0.5, 0.6) is 5.75 Å². The van der Waals surface area contributed by atoms with Gasteiger partial charge in [0.15, 0.2) is 5.96 Å². The third-order valence-electron chi connectivity index (χ3n) is 3.67. The van der Waals surface area contributed by atoms with E-state index in [2.05, 4.69) is 15.6 Å². The molecule has 0 fully saturated rings. The second-order valence-electron chi connectivity index (χ2n) is 5.83. The van der Waals surface area contributed by atoms with Crippen molar-refractivity contribution in [2.45, 2.75) is 12.8 Å². The number of hydrogen-bond donors (Lipinski definition) is 2. The molecule has 0 saturated heterocycles. The molecular formula is C20H29N3O4. The molecule has 1 aromatic heterocycles. The van der Waals surface area contributed by atoms with E-state index >= 15 is 0 Å². The minimum absolute atomic E-state index is 0.563. The number of rotatable bonds is 12. The van der Waals surface area contributed by atoms with Gasteiger partial charge < -0.3 is 29.3 Å². The van der Waals surface area contributed by atoms with Crippen molar-refractivity contribution in [1.82, 2.24) is 5.32 Å². The minimum Gasteiger partial charge on any atom is -0.493 e. The number of methoxy groups -OCH3 is 2. The van der Waals surface area contributed by atoms with E-state index in [1.807, 2.05) is 36.4 Å². The number of furan rings is 1. The normalized spacial score (nSPS) is 11.4. The topological polar surface area (TPSA) is 77.2 Å². The first-order valence-corrected chi connectivity index (χ1v) is 9.10. The fourth-order valence-electron chi connectivity index (χ4n) is 2.34. The fraction of sp³-hybridized carbons (Fsp3) is 0.450. The number of guanidine groups is 1. The molecule has 0 aliphatic heterocycles. The van der Waals surface area contributed by atoms with Crippen molar-refractivity contribution in [3.8, 4) is 5.75 Å². The Labute approximate surface area is 160 Å². The van der Waals surface area contributed by atoms with Crippen LogP contribution in [0.2, 0.25) is 0 Å². The first kappa shape index (κ1) is 20.8. The second-order valence-corrected chi connectivity index (χ2v) is 5.83. The minimum atomic E-state index is 0.563. The predicted molar refractivity (Wildman–Crippen MR) is 107 cm³/mol. The highest BCUT2D eigenvalue weighted by Crippen LogP contribution is 2.17. The third kappa shape index (κ3) is 8.61. The van der Waals surface area contributed by atoms with Gasteiger partial charge >= 0.3 is 0 Å². The lowest BCUT2D eigenvalue weighted by Gasteiger charge is -2.13. The van der Waals surface area contributed by atoms with Crippen molar-refractivity contribution in [3.63, 3.8) is 0 Å². The van der Waals surface area contributed by atoms with Gasteiger partial charge in [-0.15, -0.1) is 0 Å². The van der Waals surface area contributed by atoms with Gasteiger partial charge in [0.1, 0.15) is 11.5 Å². The van der Waals surface area contributed by atoms with Crippen LogP contribution in [0.15, 0.2) is 52.1 Å². The van der Waals surface area contributed by atoms with Crippen molar-refractivity contribution in [2.75, 3.05) is 52.4 Å². The lowest BCUT2D eigenvalue weighted by atomic mass is 10.3. The molecule has 0 aliphatic carbocycles. The van der Waals surface area contributed by atoms with Crippen molar-refractivity contribution in [1.29, 1.82) is 0 Å². The fourth-order valence-corrected chi connectivity index (χ4v) is 2.34. The van der Waals surface area contributed by atoms with E-state index in [0.29, 0.717) is 38.9 Å². The Morgan fingerprint density at radius 1 is 1.07 bits per heavy atom. The summed E-state index contributed by atoms with van der Waals surface area (Å²) in [4.78, 5) is 4.53. The number of nitrogens with zero attached hydrogens (tertiary/aromatic N) is 1. The molecule has 1 heterocycles. The number of anilines is 1. The highest BCUT2D eigenvalue weighted by Gasteiger charge is 2.03. The molecule has 0 spiro atoms. The third-order valence-corrected chi connectivity index (χ3v) is 3.67. The summed E-state index contributed by atoms with van der Waals surface area (Å²) >= 11 is 0. The molecule has 7 nitrogen and oxygen atoms in total. The molecule has 2 aromatic rings. The monoisotopic (exact) mass is 375 g/mol. The summed E-state index contributed by atoms with van der Waals surface area (Å²) in [5.41, 5.74) is 0.904. The van der Waals surface area contributed by atoms with Gasteiger partial charge in [0.05, 0.1) is 26.0 Å². The van der Waals surface area contributed by atoms with Crippen molar-refractivity contribution in [2.24, 2.45) is 4.99 Å². The van der Waals surface area contributed by atoms with E-state index in [-0.39, 0.29) is 0 Å². The van der Waals surface area contributed by atoms with Crippen LogP contribution in [0.4, 0.5) is 5.69 Å². The molecule has 0 aliphatic rings. The molecule has 0 radical (unpaired) electrons. The van der Waals surface area contributed by atoms with Crippen LogP contribution in [0.1, 0.15) is 12.2 Å². The zero-order valence-corrected chi connectivity index (χ0v) is 16.1. The van der Waals surface area contributed by atoms with E-state index in [4.69, 9.17) is 18.6 Å². The largest absolute Gasteiger partial charge is 0.493 e. The predicted octanol–water partition coefficient (Wildman–Crippen LogP) is 2.94. The summed E-state index contributed by atoms with van der Waals surface area (Å²) < 4.78 is 21.2. The average Bonchev–Trinajstić information content (AvgIpc) is 3.19. The molecule has 0 atom stereocenters. The van der Waals surface area contributed by atoms with Gasteiger partial charge in [-0.3, -0.25) is 4.99 Å². The maximum absolute atomic E-state index is 5.75. The lowest BCUT2D eigenvalue weighted by Crippen LogP contribution is -2.32. The molecular weight excluding hydrogens is 346 g/mol. The number of ether oxygens (including phenoxy) is 3. The quantitative estimate of drug-likeness (QED) is 0.337. The van der Waals surface area contributed by atoms with Crippen LogP contribution in [0.25, 0.3) is 0 Å². The van der Waals surface area contributed by atoms with Gasteiger partial charge in [-0.05, 0) is 24.3 Å². The lowest BCUT2D eigenvalue weighted by molar-refractivity contribution is 0.172. The van der Waals surface area contributed by atoms with Gasteiger partial charge in [0.2, 0.25) is 0 Å². The Kier molecular flexibility index (Phi) is 9.84. The van der Waals surface area contributed by atoms with E-state index in [1.54, 1.807) is 20.5 Å². The Bertz CT molecular complexity index is 659. The van der Waals surface area contributed by atoms with Gasteiger partial charge in [0.25, 0.3) is 0 Å². The van der Waals surface area contributed by atoms with E-state index in [1.165, 1.54) is 0 Å². The van der Waals surface area contributed by atoms with Crippen LogP contribution in [0, 0.1) is 0 Å². The van der Waals surface area contributed by atoms with Gasteiger partial charge in [0, 0.05) is 52.0 Å². The Balaban J connectivity index is 1.89. The van der Waals surface area contributed by atoms with Crippen molar-refractivity contribution >= 4 is 11.6 Å². The number of hydrogen-bond acceptors (Lipinski definition) is 5. The maximum Gasteiger partial charge on any atom is 0.195 e. The molecule has 2 rings (SSSR count). The van der Waals surface area contributed by atoms with Crippen LogP contribution in [-0.4, -0.2) is 53.1 Å². The Morgan fingerprint density at radius 2 is 1.96 bits per heavy atom. The van der Waals surface area contributed by atoms with Crippen LogP contribution < -0.4 is 15.4 Å². The van der Waals surface area contributed by atoms with Crippen LogP contribution in [-0.2, 0) is 15.9 Å². The van der Waals surface area contributed by atoms with Gasteiger partial charge in [-0.2, -0.15) is 0 Å². The highest BCUT2D eigenvalue weighted by atomic mass is 16.5. The molecule has 27 heavy (non-hydrogen) atoms. The van der Waals surface area contributed by atoms with E-state index in [9.17, 15) is 0 Å². The molecule has 7 heteroatoms. The SMILES string of the molecule is COCCCOc1cccc(NC(=NCCOC)NCCc2ccco2)c1. The molecule has 148 valence electrons. The second kappa shape index (κ2) is 12.8. The smallest absolute Gasteiger partial charge is 0.195 e. The first-order valence-electron chi connectivity index (χ1n) is 9.10. The molecule has 2 N–H and O–H groups in total.